The maximum Gasteiger partial charge on any atom is 0.135 e. The largest absolute Gasteiger partial charge is 0.459 e. The summed E-state index contributed by atoms with van der Waals surface area (Å²) in [7, 11) is 0. The molecule has 0 N–H and O–H groups in total. The highest BCUT2D eigenvalue weighted by Crippen LogP contribution is 2.62. The van der Waals surface area contributed by atoms with Crippen molar-refractivity contribution in [3.63, 3.8) is 0 Å². The summed E-state index contributed by atoms with van der Waals surface area (Å²) >= 11 is 0. The van der Waals surface area contributed by atoms with Crippen molar-refractivity contribution in [2.45, 2.75) is 5.92 Å². The molecule has 4 aliphatic rings. The molecule has 0 saturated heterocycles. The van der Waals surface area contributed by atoms with E-state index in [0.29, 0.717) is 5.92 Å². The van der Waals surface area contributed by atoms with Gasteiger partial charge in [-0.3, -0.25) is 0 Å². The third-order valence-corrected chi connectivity index (χ3v) is 3.35. The van der Waals surface area contributed by atoms with Crippen LogP contribution in [0.5, 0.6) is 0 Å². The summed E-state index contributed by atoms with van der Waals surface area (Å²) in [4.78, 5) is 0. The van der Waals surface area contributed by atoms with Crippen molar-refractivity contribution in [2.24, 2.45) is 0 Å². The highest BCUT2D eigenvalue weighted by atomic mass is 16.3. The Morgan fingerprint density at radius 3 is 3.08 bits per heavy atom. The lowest BCUT2D eigenvalue weighted by atomic mass is 10.1. The van der Waals surface area contributed by atoms with E-state index in [1.54, 1.807) is 5.56 Å². The van der Waals surface area contributed by atoms with Crippen molar-refractivity contribution in [1.82, 2.24) is 0 Å². The first kappa shape index (κ1) is 4.51. The van der Waals surface area contributed by atoms with Crippen molar-refractivity contribution in [3.8, 4) is 0 Å². The van der Waals surface area contributed by atoms with Crippen LogP contribution in [0.4, 0.5) is 0 Å². The highest BCUT2D eigenvalue weighted by molar-refractivity contribution is 6.11. The zero-order valence-electron chi connectivity index (χ0n) is 6.22. The normalized spacial score (nSPS) is 23.5. The molecule has 6 rings (SSSR count). The van der Waals surface area contributed by atoms with Crippen molar-refractivity contribution in [3.05, 3.63) is 34.1 Å². The van der Waals surface area contributed by atoms with Gasteiger partial charge < -0.3 is 4.42 Å². The first-order valence-corrected chi connectivity index (χ1v) is 4.26. The quantitative estimate of drug-likeness (QED) is 0.332. The van der Waals surface area contributed by atoms with E-state index in [0.717, 1.165) is 5.58 Å². The predicted molar refractivity (Wildman–Crippen MR) is 46.1 cm³/mol. The second kappa shape index (κ2) is 0.977. The average Bonchev–Trinajstić information content (AvgIpc) is 2.66. The van der Waals surface area contributed by atoms with Crippen LogP contribution < -0.4 is 0 Å². The van der Waals surface area contributed by atoms with Crippen LogP contribution in [0.2, 0.25) is 0 Å². The van der Waals surface area contributed by atoms with Crippen LogP contribution >= 0.6 is 0 Å². The molecular weight excluding hydrogens is 148 g/mol. The minimum absolute atomic E-state index is 0.569. The summed E-state index contributed by atoms with van der Waals surface area (Å²) in [6, 6.07) is 2.21. The van der Waals surface area contributed by atoms with E-state index >= 15 is 0 Å². The molecule has 3 aliphatic carbocycles. The lowest BCUT2D eigenvalue weighted by Crippen LogP contribution is -1.83. The van der Waals surface area contributed by atoms with Crippen LogP contribution in [-0.2, 0) is 0 Å². The Hall–Kier alpha value is -1.50. The number of hydrogen-bond donors (Lipinski definition) is 0. The first-order valence-electron chi connectivity index (χ1n) is 4.26. The van der Waals surface area contributed by atoms with Crippen LogP contribution in [0.15, 0.2) is 10.5 Å². The van der Waals surface area contributed by atoms with Gasteiger partial charge in [-0.15, -0.1) is 0 Å². The fourth-order valence-corrected chi connectivity index (χ4v) is 2.84. The van der Waals surface area contributed by atoms with E-state index < -0.39 is 0 Å². The van der Waals surface area contributed by atoms with Crippen molar-refractivity contribution in [2.75, 3.05) is 0 Å². The Morgan fingerprint density at radius 2 is 2.08 bits per heavy atom. The monoisotopic (exact) mass is 152 g/mol. The van der Waals surface area contributed by atoms with Gasteiger partial charge in [-0.25, -0.2) is 0 Å². The molecule has 1 aromatic carbocycles. The molecule has 0 spiro atoms. The lowest BCUT2D eigenvalue weighted by molar-refractivity contribution is 0.552. The SMILES string of the molecule is C1=Cc2c3c4cc5oc(c1c25)C43. The second-order valence-electron chi connectivity index (χ2n) is 3.81. The van der Waals surface area contributed by atoms with Gasteiger partial charge in [0.15, 0.2) is 0 Å². The summed E-state index contributed by atoms with van der Waals surface area (Å²) in [5.41, 5.74) is 6.97. The van der Waals surface area contributed by atoms with Gasteiger partial charge in [0.25, 0.3) is 0 Å². The van der Waals surface area contributed by atoms with Gasteiger partial charge in [-0.2, -0.15) is 0 Å². The molecule has 0 amide bonds. The summed E-state index contributed by atoms with van der Waals surface area (Å²) in [6.07, 6.45) is 4.44. The topological polar surface area (TPSA) is 13.1 Å². The molecule has 1 unspecified atom stereocenters. The molecule has 1 heteroatoms. The molecule has 2 aromatic rings. The van der Waals surface area contributed by atoms with Gasteiger partial charge in [-0.1, -0.05) is 12.2 Å². The summed E-state index contributed by atoms with van der Waals surface area (Å²) in [5, 5.41) is 1.37. The van der Waals surface area contributed by atoms with Crippen LogP contribution in [0.25, 0.3) is 23.1 Å². The van der Waals surface area contributed by atoms with Gasteiger partial charge in [-0.05, 0) is 22.8 Å². The lowest BCUT2D eigenvalue weighted by Gasteiger charge is -1.95. The number of hydrogen-bond acceptors (Lipinski definition) is 1. The Morgan fingerprint density at radius 1 is 1.17 bits per heavy atom. The van der Waals surface area contributed by atoms with Gasteiger partial charge in [0.1, 0.15) is 11.3 Å². The Balaban J connectivity index is 2.42. The maximum atomic E-state index is 5.73. The molecule has 12 heavy (non-hydrogen) atoms. The van der Waals surface area contributed by atoms with Crippen molar-refractivity contribution in [1.29, 1.82) is 0 Å². The van der Waals surface area contributed by atoms with E-state index in [4.69, 9.17) is 4.42 Å². The molecule has 1 nitrogen and oxygen atoms in total. The van der Waals surface area contributed by atoms with E-state index in [1.165, 1.54) is 27.8 Å². The summed E-state index contributed by atoms with van der Waals surface area (Å²) < 4.78 is 5.73. The smallest absolute Gasteiger partial charge is 0.135 e. The van der Waals surface area contributed by atoms with Crippen LogP contribution in [0.3, 0.4) is 0 Å². The van der Waals surface area contributed by atoms with Crippen LogP contribution in [0.1, 0.15) is 33.9 Å². The second-order valence-corrected chi connectivity index (χ2v) is 3.81. The molecule has 0 saturated carbocycles. The molecule has 1 aliphatic heterocycles. The Bertz CT molecular complexity index is 614. The maximum absolute atomic E-state index is 5.73. The van der Waals surface area contributed by atoms with Crippen molar-refractivity contribution >= 4 is 23.1 Å². The molecule has 54 valence electrons. The minimum Gasteiger partial charge on any atom is -0.459 e. The predicted octanol–water partition coefficient (Wildman–Crippen LogP) is 2.72. The number of furan rings is 1. The Labute approximate surface area is 68.3 Å². The van der Waals surface area contributed by atoms with E-state index in [-0.39, 0.29) is 0 Å². The van der Waals surface area contributed by atoms with Crippen LogP contribution in [-0.4, -0.2) is 0 Å². The van der Waals surface area contributed by atoms with Gasteiger partial charge in [0.05, 0.1) is 5.92 Å². The standard InChI is InChI=1S/C11H4O/c1-2-5-8-4(1)9-6-3-7(8)12-11(5)10(6)9/h1-3,10H. The molecule has 7 bridgehead atoms. The molecule has 1 atom stereocenters. The van der Waals surface area contributed by atoms with Gasteiger partial charge >= 0.3 is 0 Å². The van der Waals surface area contributed by atoms with Crippen molar-refractivity contribution < 1.29 is 4.42 Å². The molecule has 0 radical (unpaired) electrons. The highest BCUT2D eigenvalue weighted by Gasteiger charge is 2.48. The minimum atomic E-state index is 0.569. The summed E-state index contributed by atoms with van der Waals surface area (Å²) in [5.74, 6) is 1.78. The molecular formula is C11H4O. The van der Waals surface area contributed by atoms with E-state index in [2.05, 4.69) is 18.2 Å². The number of rotatable bonds is 0. The molecule has 0 fully saturated rings. The van der Waals surface area contributed by atoms with E-state index in [1.807, 2.05) is 0 Å². The average molecular weight is 152 g/mol. The van der Waals surface area contributed by atoms with Crippen LogP contribution in [0, 0.1) is 0 Å². The molecule has 1 aromatic heterocycles. The molecule has 2 heterocycles. The third kappa shape index (κ3) is 0.231. The van der Waals surface area contributed by atoms with E-state index in [9.17, 15) is 0 Å². The zero-order chi connectivity index (χ0) is 7.45. The fourth-order valence-electron chi connectivity index (χ4n) is 2.84. The number of benzene rings is 1. The van der Waals surface area contributed by atoms with Gasteiger partial charge in [0.2, 0.25) is 0 Å². The third-order valence-electron chi connectivity index (χ3n) is 3.35. The van der Waals surface area contributed by atoms with Gasteiger partial charge in [0, 0.05) is 10.9 Å². The zero-order valence-corrected chi connectivity index (χ0v) is 6.22. The fraction of sp³-hybridized carbons (Fsp3) is 0.0909. The summed E-state index contributed by atoms with van der Waals surface area (Å²) in [6.45, 7) is 0. The first-order chi connectivity index (χ1) is 5.95. The Kier molecular flexibility index (Phi) is 0.367.